The van der Waals surface area contributed by atoms with E-state index in [2.05, 4.69) is 5.32 Å². The Morgan fingerprint density at radius 1 is 1.17 bits per heavy atom. The van der Waals surface area contributed by atoms with Gasteiger partial charge in [-0.1, -0.05) is 23.7 Å². The standard InChI is InChI=1S/C14H11ClFNO/c15-11-4-6-13(7-5-11)17-9-14(18)10-2-1-3-12(16)8-10/h1-8,17H,9H2. The number of nitrogens with one attached hydrogen (secondary N) is 1. The Morgan fingerprint density at radius 3 is 2.56 bits per heavy atom. The second-order valence-electron chi connectivity index (χ2n) is 3.79. The predicted molar refractivity (Wildman–Crippen MR) is 70.7 cm³/mol. The first-order valence-electron chi connectivity index (χ1n) is 5.43. The predicted octanol–water partition coefficient (Wildman–Crippen LogP) is 3.77. The SMILES string of the molecule is O=C(CNc1ccc(Cl)cc1)c1cccc(F)c1. The normalized spacial score (nSPS) is 10.1. The van der Waals surface area contributed by atoms with E-state index in [1.807, 2.05) is 0 Å². The number of anilines is 1. The van der Waals surface area contributed by atoms with E-state index in [4.69, 9.17) is 11.6 Å². The molecule has 0 heterocycles. The maximum atomic E-state index is 12.9. The average Bonchev–Trinajstić information content (AvgIpc) is 2.38. The summed E-state index contributed by atoms with van der Waals surface area (Å²) >= 11 is 5.75. The molecular weight excluding hydrogens is 253 g/mol. The molecular formula is C14H11ClFNO. The second-order valence-corrected chi connectivity index (χ2v) is 4.23. The van der Waals surface area contributed by atoms with E-state index in [9.17, 15) is 9.18 Å². The van der Waals surface area contributed by atoms with Crippen LogP contribution in [0.1, 0.15) is 10.4 Å². The Hall–Kier alpha value is -1.87. The first kappa shape index (κ1) is 12.6. The molecule has 0 unspecified atom stereocenters. The minimum Gasteiger partial charge on any atom is -0.378 e. The van der Waals surface area contributed by atoms with Crippen molar-refractivity contribution >= 4 is 23.1 Å². The fourth-order valence-corrected chi connectivity index (χ4v) is 1.64. The first-order valence-corrected chi connectivity index (χ1v) is 5.81. The van der Waals surface area contributed by atoms with Gasteiger partial charge in [0, 0.05) is 16.3 Å². The number of halogens is 2. The zero-order chi connectivity index (χ0) is 13.0. The van der Waals surface area contributed by atoms with E-state index in [0.29, 0.717) is 10.6 Å². The van der Waals surface area contributed by atoms with Crippen LogP contribution in [-0.4, -0.2) is 12.3 Å². The summed E-state index contributed by atoms with van der Waals surface area (Å²) < 4.78 is 12.9. The highest BCUT2D eigenvalue weighted by molar-refractivity contribution is 6.30. The van der Waals surface area contributed by atoms with Gasteiger partial charge in [0.25, 0.3) is 0 Å². The van der Waals surface area contributed by atoms with Gasteiger partial charge in [0.2, 0.25) is 0 Å². The average molecular weight is 264 g/mol. The Morgan fingerprint density at radius 2 is 1.89 bits per heavy atom. The Bertz CT molecular complexity index is 554. The van der Waals surface area contributed by atoms with Gasteiger partial charge in [0.1, 0.15) is 5.82 Å². The third-order valence-electron chi connectivity index (χ3n) is 2.44. The van der Waals surface area contributed by atoms with Crippen LogP contribution >= 0.6 is 11.6 Å². The number of Topliss-reactive ketones (excluding diaryl/α,β-unsaturated/α-hetero) is 1. The fraction of sp³-hybridized carbons (Fsp3) is 0.0714. The molecule has 1 N–H and O–H groups in total. The monoisotopic (exact) mass is 263 g/mol. The quantitative estimate of drug-likeness (QED) is 0.851. The number of carbonyl (C=O) groups excluding carboxylic acids is 1. The highest BCUT2D eigenvalue weighted by Gasteiger charge is 2.06. The molecule has 0 fully saturated rings. The van der Waals surface area contributed by atoms with Crippen molar-refractivity contribution in [1.29, 1.82) is 0 Å². The molecule has 0 aromatic heterocycles. The van der Waals surface area contributed by atoms with Crippen molar-refractivity contribution in [1.82, 2.24) is 0 Å². The number of hydrogen-bond donors (Lipinski definition) is 1. The van der Waals surface area contributed by atoms with Gasteiger partial charge < -0.3 is 5.32 Å². The third kappa shape index (κ3) is 3.31. The molecule has 2 aromatic carbocycles. The largest absolute Gasteiger partial charge is 0.378 e. The number of rotatable bonds is 4. The van der Waals surface area contributed by atoms with Gasteiger partial charge in [0.05, 0.1) is 6.54 Å². The van der Waals surface area contributed by atoms with E-state index in [0.717, 1.165) is 5.69 Å². The number of ketones is 1. The van der Waals surface area contributed by atoms with Crippen LogP contribution in [0.2, 0.25) is 5.02 Å². The van der Waals surface area contributed by atoms with E-state index < -0.39 is 5.82 Å². The Labute approximate surface area is 109 Å². The number of hydrogen-bond acceptors (Lipinski definition) is 2. The summed E-state index contributed by atoms with van der Waals surface area (Å²) in [5, 5.41) is 3.60. The Balaban J connectivity index is 1.98. The molecule has 0 spiro atoms. The summed E-state index contributed by atoms with van der Waals surface area (Å²) in [4.78, 5) is 11.8. The maximum absolute atomic E-state index is 12.9. The fourth-order valence-electron chi connectivity index (χ4n) is 1.51. The summed E-state index contributed by atoms with van der Waals surface area (Å²) in [6.45, 7) is 0.116. The maximum Gasteiger partial charge on any atom is 0.181 e. The first-order chi connectivity index (χ1) is 8.65. The van der Waals surface area contributed by atoms with Gasteiger partial charge in [-0.05, 0) is 36.4 Å². The van der Waals surface area contributed by atoms with Gasteiger partial charge in [-0.25, -0.2) is 4.39 Å². The molecule has 0 bridgehead atoms. The van der Waals surface area contributed by atoms with Gasteiger partial charge >= 0.3 is 0 Å². The zero-order valence-corrected chi connectivity index (χ0v) is 10.2. The van der Waals surface area contributed by atoms with Crippen LogP contribution in [0.4, 0.5) is 10.1 Å². The van der Waals surface area contributed by atoms with Gasteiger partial charge in [-0.3, -0.25) is 4.79 Å². The topological polar surface area (TPSA) is 29.1 Å². The van der Waals surface area contributed by atoms with E-state index in [1.54, 1.807) is 30.3 Å². The molecule has 2 aromatic rings. The lowest BCUT2D eigenvalue weighted by molar-refractivity contribution is 0.101. The molecule has 0 atom stereocenters. The molecule has 0 aliphatic carbocycles. The molecule has 0 aliphatic heterocycles. The van der Waals surface area contributed by atoms with Crippen LogP contribution in [0.3, 0.4) is 0 Å². The minimum atomic E-state index is -0.410. The molecule has 4 heteroatoms. The lowest BCUT2D eigenvalue weighted by Crippen LogP contribution is -2.14. The van der Waals surface area contributed by atoms with Crippen LogP contribution in [-0.2, 0) is 0 Å². The lowest BCUT2D eigenvalue weighted by Gasteiger charge is -2.05. The summed E-state index contributed by atoms with van der Waals surface area (Å²) in [6, 6.07) is 12.7. The van der Waals surface area contributed by atoms with Gasteiger partial charge in [-0.15, -0.1) is 0 Å². The van der Waals surface area contributed by atoms with Crippen LogP contribution in [0.5, 0.6) is 0 Å². The molecule has 18 heavy (non-hydrogen) atoms. The van der Waals surface area contributed by atoms with E-state index in [-0.39, 0.29) is 12.3 Å². The molecule has 0 saturated carbocycles. The molecule has 0 amide bonds. The zero-order valence-electron chi connectivity index (χ0n) is 9.49. The third-order valence-corrected chi connectivity index (χ3v) is 2.70. The summed E-state index contributed by atoms with van der Waals surface area (Å²) in [6.07, 6.45) is 0. The molecule has 2 nitrogen and oxygen atoms in total. The lowest BCUT2D eigenvalue weighted by atomic mass is 10.1. The highest BCUT2D eigenvalue weighted by atomic mass is 35.5. The van der Waals surface area contributed by atoms with Crippen molar-refractivity contribution in [3.63, 3.8) is 0 Å². The number of benzene rings is 2. The molecule has 0 aliphatic rings. The second kappa shape index (κ2) is 5.65. The summed E-state index contributed by atoms with van der Waals surface area (Å²) in [5.41, 5.74) is 1.15. The van der Waals surface area contributed by atoms with Crippen molar-refractivity contribution in [2.75, 3.05) is 11.9 Å². The van der Waals surface area contributed by atoms with Crippen LogP contribution in [0, 0.1) is 5.82 Å². The van der Waals surface area contributed by atoms with Crippen molar-refractivity contribution in [2.45, 2.75) is 0 Å². The van der Waals surface area contributed by atoms with Gasteiger partial charge in [0.15, 0.2) is 5.78 Å². The highest BCUT2D eigenvalue weighted by Crippen LogP contribution is 2.13. The van der Waals surface area contributed by atoms with Crippen LogP contribution < -0.4 is 5.32 Å². The van der Waals surface area contributed by atoms with Gasteiger partial charge in [-0.2, -0.15) is 0 Å². The van der Waals surface area contributed by atoms with Crippen molar-refractivity contribution in [3.8, 4) is 0 Å². The minimum absolute atomic E-state index is 0.116. The van der Waals surface area contributed by atoms with E-state index in [1.165, 1.54) is 18.2 Å². The van der Waals surface area contributed by atoms with Crippen LogP contribution in [0.25, 0.3) is 0 Å². The molecule has 92 valence electrons. The molecule has 2 rings (SSSR count). The van der Waals surface area contributed by atoms with Crippen molar-refractivity contribution in [2.24, 2.45) is 0 Å². The van der Waals surface area contributed by atoms with E-state index >= 15 is 0 Å². The van der Waals surface area contributed by atoms with Crippen molar-refractivity contribution < 1.29 is 9.18 Å². The summed E-state index contributed by atoms with van der Waals surface area (Å²) in [5.74, 6) is -0.572. The number of carbonyl (C=O) groups is 1. The summed E-state index contributed by atoms with van der Waals surface area (Å²) in [7, 11) is 0. The van der Waals surface area contributed by atoms with Crippen molar-refractivity contribution in [3.05, 3.63) is 64.9 Å². The smallest absolute Gasteiger partial charge is 0.181 e. The Kier molecular flexibility index (Phi) is 3.95. The molecule has 0 saturated heterocycles. The molecule has 0 radical (unpaired) electrons. The van der Waals surface area contributed by atoms with Crippen LogP contribution in [0.15, 0.2) is 48.5 Å².